The zero-order valence-electron chi connectivity index (χ0n) is 11.7. The van der Waals surface area contributed by atoms with E-state index in [9.17, 15) is 4.79 Å². The molecular formula is C16H15BrClNO2. The van der Waals surface area contributed by atoms with Gasteiger partial charge in [0.05, 0.1) is 7.11 Å². The summed E-state index contributed by atoms with van der Waals surface area (Å²) in [5.74, 6) is -0.360. The molecule has 2 rings (SSSR count). The summed E-state index contributed by atoms with van der Waals surface area (Å²) in [5, 5.41) is 3.83. The summed E-state index contributed by atoms with van der Waals surface area (Å²) in [6.45, 7) is 1.98. The second-order valence-electron chi connectivity index (χ2n) is 4.58. The van der Waals surface area contributed by atoms with Crippen LogP contribution in [0, 0.1) is 6.92 Å². The van der Waals surface area contributed by atoms with Gasteiger partial charge in [-0.05, 0) is 36.2 Å². The van der Waals surface area contributed by atoms with Crippen LogP contribution in [0.1, 0.15) is 17.2 Å². The molecule has 0 bridgehead atoms. The Morgan fingerprint density at radius 3 is 2.62 bits per heavy atom. The van der Waals surface area contributed by atoms with Gasteiger partial charge in [0.2, 0.25) is 0 Å². The monoisotopic (exact) mass is 367 g/mol. The molecule has 0 spiro atoms. The van der Waals surface area contributed by atoms with E-state index in [1.54, 1.807) is 18.2 Å². The first-order valence-corrected chi connectivity index (χ1v) is 7.55. The van der Waals surface area contributed by atoms with E-state index < -0.39 is 6.04 Å². The van der Waals surface area contributed by atoms with Gasteiger partial charge in [-0.25, -0.2) is 4.79 Å². The number of anilines is 1. The minimum atomic E-state index is -0.609. The first-order chi connectivity index (χ1) is 10.0. The molecule has 2 aromatic carbocycles. The van der Waals surface area contributed by atoms with Crippen LogP contribution in [-0.4, -0.2) is 13.1 Å². The Balaban J connectivity index is 2.40. The quantitative estimate of drug-likeness (QED) is 0.792. The molecule has 0 fully saturated rings. The van der Waals surface area contributed by atoms with E-state index in [0.717, 1.165) is 21.3 Å². The van der Waals surface area contributed by atoms with E-state index in [1.165, 1.54) is 7.11 Å². The van der Waals surface area contributed by atoms with Crippen LogP contribution in [0.2, 0.25) is 5.02 Å². The zero-order chi connectivity index (χ0) is 15.4. The van der Waals surface area contributed by atoms with Gasteiger partial charge in [-0.3, -0.25) is 0 Å². The Bertz CT molecular complexity index is 660. The number of esters is 1. The van der Waals surface area contributed by atoms with Crippen molar-refractivity contribution in [2.24, 2.45) is 0 Å². The molecule has 5 heteroatoms. The van der Waals surface area contributed by atoms with Gasteiger partial charge in [-0.15, -0.1) is 0 Å². The third-order valence-electron chi connectivity index (χ3n) is 3.16. The lowest BCUT2D eigenvalue weighted by Crippen LogP contribution is -2.23. The highest BCUT2D eigenvalue weighted by Crippen LogP contribution is 2.30. The molecule has 0 radical (unpaired) electrons. The van der Waals surface area contributed by atoms with E-state index >= 15 is 0 Å². The van der Waals surface area contributed by atoms with Gasteiger partial charge in [-0.1, -0.05) is 51.8 Å². The summed E-state index contributed by atoms with van der Waals surface area (Å²) in [4.78, 5) is 12.1. The molecule has 21 heavy (non-hydrogen) atoms. The summed E-state index contributed by atoms with van der Waals surface area (Å²) in [5.41, 5.74) is 2.71. The van der Waals surface area contributed by atoms with Crippen molar-refractivity contribution in [2.45, 2.75) is 13.0 Å². The van der Waals surface area contributed by atoms with Gasteiger partial charge >= 0.3 is 5.97 Å². The standard InChI is InChI=1S/C16H15BrClNO2/c1-10-5-3-4-6-14(10)19-15(16(20)21-2)12-8-7-11(18)9-13(12)17/h3-9,15,19H,1-2H3. The fourth-order valence-corrected chi connectivity index (χ4v) is 2.92. The molecule has 110 valence electrons. The third kappa shape index (κ3) is 3.77. The fraction of sp³-hybridized carbons (Fsp3) is 0.188. The summed E-state index contributed by atoms with van der Waals surface area (Å²) >= 11 is 9.40. The molecule has 1 N–H and O–H groups in total. The predicted octanol–water partition coefficient (Wildman–Crippen LogP) is 4.74. The van der Waals surface area contributed by atoms with E-state index in [1.807, 2.05) is 31.2 Å². The van der Waals surface area contributed by atoms with Crippen molar-refractivity contribution in [2.75, 3.05) is 12.4 Å². The predicted molar refractivity (Wildman–Crippen MR) is 88.7 cm³/mol. The average molecular weight is 369 g/mol. The number of methoxy groups -OCH3 is 1. The Morgan fingerprint density at radius 1 is 1.29 bits per heavy atom. The van der Waals surface area contributed by atoms with Crippen molar-refractivity contribution in [3.8, 4) is 0 Å². The van der Waals surface area contributed by atoms with Crippen molar-refractivity contribution in [3.05, 3.63) is 63.1 Å². The molecule has 0 saturated carbocycles. The number of rotatable bonds is 4. The van der Waals surface area contributed by atoms with Crippen LogP contribution >= 0.6 is 27.5 Å². The lowest BCUT2D eigenvalue weighted by molar-refractivity contribution is -0.141. The lowest BCUT2D eigenvalue weighted by Gasteiger charge is -2.20. The summed E-state index contributed by atoms with van der Waals surface area (Å²) in [6, 6.07) is 12.5. The van der Waals surface area contributed by atoms with Crippen molar-refractivity contribution >= 4 is 39.2 Å². The van der Waals surface area contributed by atoms with Crippen LogP contribution in [-0.2, 0) is 9.53 Å². The van der Waals surface area contributed by atoms with E-state index in [0.29, 0.717) is 5.02 Å². The summed E-state index contributed by atoms with van der Waals surface area (Å²) < 4.78 is 5.66. The van der Waals surface area contributed by atoms with Crippen LogP contribution in [0.4, 0.5) is 5.69 Å². The second kappa shape index (κ2) is 6.96. The van der Waals surface area contributed by atoms with Crippen LogP contribution in [0.5, 0.6) is 0 Å². The number of hydrogen-bond acceptors (Lipinski definition) is 3. The Labute approximate surface area is 137 Å². The molecule has 0 amide bonds. The van der Waals surface area contributed by atoms with Gasteiger partial charge < -0.3 is 10.1 Å². The lowest BCUT2D eigenvalue weighted by atomic mass is 10.1. The Hall–Kier alpha value is -1.52. The summed E-state index contributed by atoms with van der Waals surface area (Å²) in [7, 11) is 1.37. The highest BCUT2D eigenvalue weighted by Gasteiger charge is 2.24. The van der Waals surface area contributed by atoms with Crippen LogP contribution in [0.3, 0.4) is 0 Å². The number of halogens is 2. The second-order valence-corrected chi connectivity index (χ2v) is 5.87. The smallest absolute Gasteiger partial charge is 0.333 e. The number of benzene rings is 2. The van der Waals surface area contributed by atoms with Gasteiger partial charge in [0.15, 0.2) is 6.04 Å². The number of nitrogens with one attached hydrogen (secondary N) is 1. The molecule has 0 aliphatic rings. The Kier molecular flexibility index (Phi) is 5.26. The number of carbonyl (C=O) groups is 1. The molecular weight excluding hydrogens is 354 g/mol. The SMILES string of the molecule is COC(=O)C(Nc1ccccc1C)c1ccc(Cl)cc1Br. The Morgan fingerprint density at radius 2 is 2.00 bits per heavy atom. The largest absolute Gasteiger partial charge is 0.467 e. The van der Waals surface area contributed by atoms with Crippen molar-refractivity contribution < 1.29 is 9.53 Å². The number of aryl methyl sites for hydroxylation is 1. The molecule has 0 aliphatic carbocycles. The van der Waals surface area contributed by atoms with E-state index in [-0.39, 0.29) is 5.97 Å². The molecule has 0 heterocycles. The van der Waals surface area contributed by atoms with Crippen LogP contribution in [0.15, 0.2) is 46.9 Å². The molecule has 0 aromatic heterocycles. The third-order valence-corrected chi connectivity index (χ3v) is 4.08. The number of carbonyl (C=O) groups excluding carboxylic acids is 1. The highest BCUT2D eigenvalue weighted by atomic mass is 79.9. The van der Waals surface area contributed by atoms with Gasteiger partial charge in [0, 0.05) is 15.2 Å². The first-order valence-electron chi connectivity index (χ1n) is 6.38. The molecule has 0 aliphatic heterocycles. The first kappa shape index (κ1) is 15.9. The maximum Gasteiger partial charge on any atom is 0.333 e. The maximum absolute atomic E-state index is 12.1. The van der Waals surface area contributed by atoms with Gasteiger partial charge in [-0.2, -0.15) is 0 Å². The van der Waals surface area contributed by atoms with Crippen molar-refractivity contribution in [1.82, 2.24) is 0 Å². The molecule has 3 nitrogen and oxygen atoms in total. The highest BCUT2D eigenvalue weighted by molar-refractivity contribution is 9.10. The van der Waals surface area contributed by atoms with Gasteiger partial charge in [0.25, 0.3) is 0 Å². The minimum absolute atomic E-state index is 0.360. The average Bonchev–Trinajstić information content (AvgIpc) is 2.46. The topological polar surface area (TPSA) is 38.3 Å². The number of hydrogen-bond donors (Lipinski definition) is 1. The van der Waals surface area contributed by atoms with Crippen molar-refractivity contribution in [1.29, 1.82) is 0 Å². The summed E-state index contributed by atoms with van der Waals surface area (Å²) in [6.07, 6.45) is 0. The molecule has 2 aromatic rings. The number of ether oxygens (including phenoxy) is 1. The minimum Gasteiger partial charge on any atom is -0.467 e. The molecule has 1 atom stereocenters. The molecule has 1 unspecified atom stereocenters. The maximum atomic E-state index is 12.1. The fourth-order valence-electron chi connectivity index (χ4n) is 2.01. The van der Waals surface area contributed by atoms with Crippen molar-refractivity contribution in [3.63, 3.8) is 0 Å². The van der Waals surface area contributed by atoms with Crippen LogP contribution in [0.25, 0.3) is 0 Å². The van der Waals surface area contributed by atoms with E-state index in [2.05, 4.69) is 21.2 Å². The van der Waals surface area contributed by atoms with Crippen LogP contribution < -0.4 is 5.32 Å². The van der Waals surface area contributed by atoms with Gasteiger partial charge in [0.1, 0.15) is 0 Å². The number of para-hydroxylation sites is 1. The zero-order valence-corrected chi connectivity index (χ0v) is 14.0. The van der Waals surface area contributed by atoms with E-state index in [4.69, 9.17) is 16.3 Å². The molecule has 0 saturated heterocycles. The normalized spacial score (nSPS) is 11.8.